The van der Waals surface area contributed by atoms with Crippen molar-refractivity contribution in [1.82, 2.24) is 4.98 Å². The number of nitrogens with zero attached hydrogens (tertiary/aromatic N) is 1. The van der Waals surface area contributed by atoms with E-state index < -0.39 is 77.6 Å². The quantitative estimate of drug-likeness (QED) is 0.320. The standard InChI is InChI=1S/C29H39NO11/c1-14-8-15(2)29-19(17(10-35-3)27(33)39-24(14)20(31)12-37-5)7-6-16-22(29)23(32)18(11-36-4)25(26(16)41-29)40-28(34)21-9-30-13-38-21/h6-9,13-14,16-20,22-26,31-32H,10-12H2,1-5H3/b15-8+/t14-,16-,17-,18-,19-,20-,22+,23-,24+,25-,26-,29+/m1/s1. The van der Waals surface area contributed by atoms with Crippen LogP contribution >= 0.6 is 0 Å². The van der Waals surface area contributed by atoms with Crippen LogP contribution in [-0.4, -0.2) is 104 Å². The van der Waals surface area contributed by atoms with Crippen LogP contribution in [0.25, 0.3) is 0 Å². The first-order valence-electron chi connectivity index (χ1n) is 13.9. The van der Waals surface area contributed by atoms with Gasteiger partial charge in [0.25, 0.3) is 0 Å². The summed E-state index contributed by atoms with van der Waals surface area (Å²) in [5.41, 5.74) is -0.371. The molecule has 5 rings (SSSR count). The van der Waals surface area contributed by atoms with Gasteiger partial charge in [-0.25, -0.2) is 9.78 Å². The van der Waals surface area contributed by atoms with Crippen molar-refractivity contribution in [3.8, 4) is 0 Å². The summed E-state index contributed by atoms with van der Waals surface area (Å²) in [6, 6.07) is 0. The zero-order valence-corrected chi connectivity index (χ0v) is 23.9. The van der Waals surface area contributed by atoms with E-state index in [0.29, 0.717) is 0 Å². The minimum Gasteiger partial charge on any atom is -0.459 e. The normalized spacial score (nSPS) is 41.7. The molecule has 2 fully saturated rings. The first kappa shape index (κ1) is 29.9. The molecule has 12 heteroatoms. The molecule has 1 spiro atoms. The Morgan fingerprint density at radius 2 is 1.93 bits per heavy atom. The molecule has 0 aromatic carbocycles. The van der Waals surface area contributed by atoms with Crippen molar-refractivity contribution in [2.75, 3.05) is 41.2 Å². The summed E-state index contributed by atoms with van der Waals surface area (Å²) in [5.74, 6) is -4.58. The number of hydrogen-bond donors (Lipinski definition) is 2. The summed E-state index contributed by atoms with van der Waals surface area (Å²) in [6.07, 6.45) is 3.71. The molecule has 4 bridgehead atoms. The third-order valence-electron chi connectivity index (χ3n) is 9.14. The van der Waals surface area contributed by atoms with Crippen LogP contribution in [-0.2, 0) is 33.2 Å². The zero-order chi connectivity index (χ0) is 29.5. The van der Waals surface area contributed by atoms with E-state index in [2.05, 4.69) is 4.98 Å². The molecule has 3 heterocycles. The number of hydrogen-bond acceptors (Lipinski definition) is 12. The van der Waals surface area contributed by atoms with E-state index >= 15 is 0 Å². The number of aliphatic hydroxyl groups excluding tert-OH is 2. The van der Waals surface area contributed by atoms with Crippen LogP contribution in [0.3, 0.4) is 0 Å². The predicted octanol–water partition coefficient (Wildman–Crippen LogP) is 1.17. The van der Waals surface area contributed by atoms with Crippen LogP contribution in [0.5, 0.6) is 0 Å². The van der Waals surface area contributed by atoms with Gasteiger partial charge in [0.05, 0.1) is 38.0 Å². The van der Waals surface area contributed by atoms with Gasteiger partial charge in [-0.3, -0.25) is 4.79 Å². The summed E-state index contributed by atoms with van der Waals surface area (Å²) in [6.45, 7) is 3.88. The average Bonchev–Trinajstić information content (AvgIpc) is 3.54. The van der Waals surface area contributed by atoms with Gasteiger partial charge >= 0.3 is 11.9 Å². The number of oxazole rings is 1. The van der Waals surface area contributed by atoms with Crippen molar-refractivity contribution in [2.45, 2.75) is 50.0 Å². The zero-order valence-electron chi connectivity index (χ0n) is 23.9. The molecule has 1 aromatic rings. The molecule has 4 aliphatic rings. The molecule has 1 saturated carbocycles. The van der Waals surface area contributed by atoms with Gasteiger partial charge in [0, 0.05) is 50.9 Å². The van der Waals surface area contributed by atoms with Gasteiger partial charge in [-0.05, 0) is 12.5 Å². The molecule has 41 heavy (non-hydrogen) atoms. The molecule has 0 amide bonds. The minimum absolute atomic E-state index is 0.0164. The van der Waals surface area contributed by atoms with E-state index in [1.165, 1.54) is 27.5 Å². The highest BCUT2D eigenvalue weighted by Gasteiger charge is 2.71. The number of cyclic esters (lactones) is 1. The Bertz CT molecular complexity index is 1150. The van der Waals surface area contributed by atoms with Crippen LogP contribution in [0.4, 0.5) is 0 Å². The maximum atomic E-state index is 13.8. The fourth-order valence-corrected chi connectivity index (χ4v) is 7.50. The lowest BCUT2D eigenvalue weighted by Crippen LogP contribution is -2.59. The van der Waals surface area contributed by atoms with Gasteiger partial charge in [-0.2, -0.15) is 0 Å². The van der Waals surface area contributed by atoms with Crippen LogP contribution < -0.4 is 0 Å². The Kier molecular flexibility index (Phi) is 8.70. The van der Waals surface area contributed by atoms with E-state index in [9.17, 15) is 19.8 Å². The number of methoxy groups -OCH3 is 3. The predicted molar refractivity (Wildman–Crippen MR) is 140 cm³/mol. The largest absolute Gasteiger partial charge is 0.459 e. The maximum Gasteiger partial charge on any atom is 0.376 e. The van der Waals surface area contributed by atoms with Crippen LogP contribution in [0, 0.1) is 35.5 Å². The molecular formula is C29H39NO11. The van der Waals surface area contributed by atoms with E-state index in [4.69, 9.17) is 32.8 Å². The Morgan fingerprint density at radius 3 is 2.59 bits per heavy atom. The lowest BCUT2D eigenvalue weighted by atomic mass is 9.56. The van der Waals surface area contributed by atoms with E-state index in [1.807, 2.05) is 32.1 Å². The van der Waals surface area contributed by atoms with E-state index in [-0.39, 0.29) is 31.5 Å². The number of carbonyl (C=O) groups excluding carboxylic acids is 2. The first-order valence-corrected chi connectivity index (χ1v) is 13.9. The van der Waals surface area contributed by atoms with Crippen molar-refractivity contribution in [2.24, 2.45) is 35.5 Å². The topological polar surface area (TPSA) is 156 Å². The van der Waals surface area contributed by atoms with Crippen molar-refractivity contribution >= 4 is 11.9 Å². The van der Waals surface area contributed by atoms with Crippen LogP contribution in [0.15, 0.2) is 40.8 Å². The summed E-state index contributed by atoms with van der Waals surface area (Å²) in [7, 11) is 4.49. The second-order valence-corrected chi connectivity index (χ2v) is 11.4. The molecule has 1 aromatic heterocycles. The number of rotatable bonds is 9. The number of esters is 2. The summed E-state index contributed by atoms with van der Waals surface area (Å²) in [4.78, 5) is 30.5. The number of carbonyl (C=O) groups is 2. The number of aromatic nitrogens is 1. The maximum absolute atomic E-state index is 13.8. The Labute approximate surface area is 238 Å². The number of aliphatic hydroxyl groups is 2. The van der Waals surface area contributed by atoms with Gasteiger partial charge in [-0.1, -0.05) is 25.2 Å². The Morgan fingerprint density at radius 1 is 1.17 bits per heavy atom. The summed E-state index contributed by atoms with van der Waals surface area (Å²) < 4.78 is 40.1. The average molecular weight is 578 g/mol. The lowest BCUT2D eigenvalue weighted by molar-refractivity contribution is -0.173. The molecule has 12 atom stereocenters. The highest BCUT2D eigenvalue weighted by atomic mass is 16.6. The monoisotopic (exact) mass is 577 g/mol. The fourth-order valence-electron chi connectivity index (χ4n) is 7.50. The second-order valence-electron chi connectivity index (χ2n) is 11.4. The third kappa shape index (κ3) is 4.94. The molecule has 12 nitrogen and oxygen atoms in total. The fraction of sp³-hybridized carbons (Fsp3) is 0.690. The highest BCUT2D eigenvalue weighted by molar-refractivity contribution is 5.86. The Balaban J connectivity index is 1.61. The SMILES string of the molecule is COC[C@@H]1[C@@H](O)[C@@H]2[C@H]3C=C[C@@H]4[C@@H](COC)C(=O)O[C@H]([C@H](O)COC)[C@H](C)/C=C(\C)[C@@]24O[C@H]3[C@@H]1OC(=O)c1cnco1. The number of ether oxygens (including phenoxy) is 6. The van der Waals surface area contributed by atoms with Crippen molar-refractivity contribution in [3.63, 3.8) is 0 Å². The molecule has 2 aliphatic carbocycles. The second kappa shape index (κ2) is 11.9. The van der Waals surface area contributed by atoms with Crippen LogP contribution in [0.2, 0.25) is 0 Å². The van der Waals surface area contributed by atoms with Gasteiger partial charge in [0.2, 0.25) is 5.76 Å². The van der Waals surface area contributed by atoms with Crippen molar-refractivity contribution in [3.05, 3.63) is 42.2 Å². The van der Waals surface area contributed by atoms with E-state index in [0.717, 1.165) is 12.0 Å². The molecule has 0 radical (unpaired) electrons. The van der Waals surface area contributed by atoms with Crippen molar-refractivity contribution < 1.29 is 52.6 Å². The Hall–Kier alpha value is -2.61. The molecule has 1 saturated heterocycles. The minimum atomic E-state index is -1.15. The molecule has 226 valence electrons. The van der Waals surface area contributed by atoms with Gasteiger partial charge in [-0.15, -0.1) is 0 Å². The molecule has 2 N–H and O–H groups in total. The highest BCUT2D eigenvalue weighted by Crippen LogP contribution is 2.62. The van der Waals surface area contributed by atoms with E-state index in [1.54, 1.807) is 0 Å². The third-order valence-corrected chi connectivity index (χ3v) is 9.14. The lowest BCUT2D eigenvalue weighted by Gasteiger charge is -2.49. The van der Waals surface area contributed by atoms with Gasteiger partial charge in [0.15, 0.2) is 6.39 Å². The molecule has 0 unspecified atom stereocenters. The van der Waals surface area contributed by atoms with Gasteiger partial charge in [0.1, 0.15) is 30.0 Å². The van der Waals surface area contributed by atoms with Crippen LogP contribution in [0.1, 0.15) is 24.4 Å². The summed E-state index contributed by atoms with van der Waals surface area (Å²) >= 11 is 0. The molecule has 2 aliphatic heterocycles. The summed E-state index contributed by atoms with van der Waals surface area (Å²) in [5, 5.41) is 22.8. The van der Waals surface area contributed by atoms with Gasteiger partial charge < -0.3 is 43.1 Å². The van der Waals surface area contributed by atoms with Crippen molar-refractivity contribution in [1.29, 1.82) is 0 Å². The first-order chi connectivity index (χ1) is 19.7. The molecular weight excluding hydrogens is 538 g/mol. The smallest absolute Gasteiger partial charge is 0.376 e.